The molecule has 0 saturated carbocycles. The minimum Gasteiger partial charge on any atom is -0.352 e. The number of imidazole rings is 1. The predicted molar refractivity (Wildman–Crippen MR) is 113 cm³/mol. The third kappa shape index (κ3) is 4.25. The first-order chi connectivity index (χ1) is 13.7. The SMILES string of the molecule is CC(CNC(=O)c1ccc(-n2cnc3ccccc32)cc1)CN1CCCCC1. The van der Waals surface area contributed by atoms with Crippen molar-refractivity contribution in [2.45, 2.75) is 26.2 Å². The smallest absolute Gasteiger partial charge is 0.251 e. The zero-order chi connectivity index (χ0) is 19.3. The normalized spacial score (nSPS) is 16.2. The van der Waals surface area contributed by atoms with Crippen LogP contribution in [0, 0.1) is 5.92 Å². The molecular weight excluding hydrogens is 348 g/mol. The number of nitrogens with zero attached hydrogens (tertiary/aromatic N) is 3. The van der Waals surface area contributed by atoms with E-state index >= 15 is 0 Å². The molecule has 0 bridgehead atoms. The summed E-state index contributed by atoms with van der Waals surface area (Å²) < 4.78 is 2.04. The Labute approximate surface area is 166 Å². The summed E-state index contributed by atoms with van der Waals surface area (Å²) in [7, 11) is 0. The van der Waals surface area contributed by atoms with Crippen LogP contribution in [-0.2, 0) is 0 Å². The van der Waals surface area contributed by atoms with E-state index in [4.69, 9.17) is 0 Å². The molecule has 1 aliphatic rings. The van der Waals surface area contributed by atoms with Gasteiger partial charge >= 0.3 is 0 Å². The molecule has 0 aliphatic carbocycles. The van der Waals surface area contributed by atoms with Crippen molar-refractivity contribution < 1.29 is 4.79 Å². The molecule has 1 unspecified atom stereocenters. The van der Waals surface area contributed by atoms with Crippen LogP contribution in [0.3, 0.4) is 0 Å². The number of aromatic nitrogens is 2. The van der Waals surface area contributed by atoms with Crippen molar-refractivity contribution in [3.8, 4) is 5.69 Å². The lowest BCUT2D eigenvalue weighted by Gasteiger charge is -2.29. The Hall–Kier alpha value is -2.66. The number of piperidine rings is 1. The molecule has 1 aliphatic heterocycles. The van der Waals surface area contributed by atoms with Crippen LogP contribution in [0.25, 0.3) is 16.7 Å². The van der Waals surface area contributed by atoms with Crippen LogP contribution < -0.4 is 5.32 Å². The number of carbonyl (C=O) groups is 1. The Kier molecular flexibility index (Phi) is 5.72. The summed E-state index contributed by atoms with van der Waals surface area (Å²) in [4.78, 5) is 19.5. The lowest BCUT2D eigenvalue weighted by Crippen LogP contribution is -2.38. The van der Waals surface area contributed by atoms with Gasteiger partial charge in [-0.05, 0) is 68.2 Å². The van der Waals surface area contributed by atoms with Gasteiger partial charge in [0.2, 0.25) is 0 Å². The molecule has 5 heteroatoms. The van der Waals surface area contributed by atoms with Gasteiger partial charge in [0.05, 0.1) is 11.0 Å². The minimum absolute atomic E-state index is 0.00691. The lowest BCUT2D eigenvalue weighted by atomic mass is 10.1. The number of hydrogen-bond donors (Lipinski definition) is 1. The number of benzene rings is 2. The second kappa shape index (κ2) is 8.57. The van der Waals surface area contributed by atoms with E-state index in [-0.39, 0.29) is 5.91 Å². The summed E-state index contributed by atoms with van der Waals surface area (Å²) in [6, 6.07) is 15.8. The topological polar surface area (TPSA) is 50.2 Å². The highest BCUT2D eigenvalue weighted by molar-refractivity contribution is 5.94. The maximum Gasteiger partial charge on any atom is 0.251 e. The molecule has 1 atom stereocenters. The highest BCUT2D eigenvalue weighted by atomic mass is 16.1. The van der Waals surface area contributed by atoms with Crippen LogP contribution in [-0.4, -0.2) is 46.5 Å². The van der Waals surface area contributed by atoms with Crippen LogP contribution in [0.15, 0.2) is 54.9 Å². The van der Waals surface area contributed by atoms with Crippen LogP contribution in [0.5, 0.6) is 0 Å². The summed E-state index contributed by atoms with van der Waals surface area (Å²) >= 11 is 0. The predicted octanol–water partition coefficient (Wildman–Crippen LogP) is 3.88. The van der Waals surface area contributed by atoms with E-state index in [0.717, 1.165) is 23.3 Å². The van der Waals surface area contributed by atoms with Crippen molar-refractivity contribution in [2.75, 3.05) is 26.2 Å². The largest absolute Gasteiger partial charge is 0.352 e. The van der Waals surface area contributed by atoms with Crippen molar-refractivity contribution in [3.63, 3.8) is 0 Å². The van der Waals surface area contributed by atoms with Crippen LogP contribution in [0.2, 0.25) is 0 Å². The monoisotopic (exact) mass is 376 g/mol. The number of carbonyl (C=O) groups excluding carboxylic acids is 1. The van der Waals surface area contributed by atoms with Crippen molar-refractivity contribution in [3.05, 3.63) is 60.4 Å². The highest BCUT2D eigenvalue weighted by Gasteiger charge is 2.14. The quantitative estimate of drug-likeness (QED) is 0.710. The molecule has 2 heterocycles. The van der Waals surface area contributed by atoms with Gasteiger partial charge in [0, 0.05) is 24.3 Å². The summed E-state index contributed by atoms with van der Waals surface area (Å²) in [6.45, 7) is 6.38. The standard InChI is InChI=1S/C23H28N4O/c1-18(16-26-13-5-2-6-14-26)15-24-23(28)19-9-11-20(12-10-19)27-17-25-21-7-3-4-8-22(21)27/h3-4,7-12,17-18H,2,5-6,13-16H2,1H3,(H,24,28). The van der Waals surface area contributed by atoms with Crippen molar-refractivity contribution in [2.24, 2.45) is 5.92 Å². The first kappa shape index (κ1) is 18.7. The maximum atomic E-state index is 12.5. The molecule has 3 aromatic rings. The Bertz CT molecular complexity index is 925. The average molecular weight is 377 g/mol. The Morgan fingerprint density at radius 1 is 1.07 bits per heavy atom. The molecule has 2 aromatic carbocycles. The van der Waals surface area contributed by atoms with Gasteiger partial charge in [0.25, 0.3) is 5.91 Å². The maximum absolute atomic E-state index is 12.5. The van der Waals surface area contributed by atoms with Gasteiger partial charge < -0.3 is 10.2 Å². The molecule has 4 rings (SSSR count). The van der Waals surface area contributed by atoms with Crippen LogP contribution >= 0.6 is 0 Å². The van der Waals surface area contributed by atoms with Gasteiger partial charge in [-0.15, -0.1) is 0 Å². The molecule has 1 fully saturated rings. The van der Waals surface area contributed by atoms with Gasteiger partial charge in [-0.25, -0.2) is 4.98 Å². The number of amides is 1. The third-order valence-corrected chi connectivity index (χ3v) is 5.49. The van der Waals surface area contributed by atoms with Gasteiger partial charge in [0.1, 0.15) is 6.33 Å². The fraction of sp³-hybridized carbons (Fsp3) is 0.391. The zero-order valence-corrected chi connectivity index (χ0v) is 16.5. The van der Waals surface area contributed by atoms with Crippen LogP contribution in [0.1, 0.15) is 36.5 Å². The van der Waals surface area contributed by atoms with Crippen molar-refractivity contribution in [1.82, 2.24) is 19.8 Å². The Balaban J connectivity index is 1.35. The number of rotatable bonds is 6. The summed E-state index contributed by atoms with van der Waals surface area (Å²) in [5.41, 5.74) is 3.72. The summed E-state index contributed by atoms with van der Waals surface area (Å²) in [5, 5.41) is 3.09. The minimum atomic E-state index is -0.00691. The second-order valence-electron chi connectivity index (χ2n) is 7.83. The molecule has 1 N–H and O–H groups in total. The van der Waals surface area contributed by atoms with E-state index in [1.54, 1.807) is 0 Å². The molecule has 0 spiro atoms. The molecule has 5 nitrogen and oxygen atoms in total. The fourth-order valence-corrected chi connectivity index (χ4v) is 3.95. The number of likely N-dealkylation sites (tertiary alicyclic amines) is 1. The molecule has 1 saturated heterocycles. The van der Waals surface area contributed by atoms with E-state index < -0.39 is 0 Å². The van der Waals surface area contributed by atoms with E-state index in [0.29, 0.717) is 18.0 Å². The van der Waals surface area contributed by atoms with E-state index in [2.05, 4.69) is 22.1 Å². The molecular formula is C23H28N4O. The first-order valence-electron chi connectivity index (χ1n) is 10.2. The number of hydrogen-bond acceptors (Lipinski definition) is 3. The van der Waals surface area contributed by atoms with Crippen molar-refractivity contribution in [1.29, 1.82) is 0 Å². The number of fused-ring (bicyclic) bond motifs is 1. The third-order valence-electron chi connectivity index (χ3n) is 5.49. The molecule has 1 aromatic heterocycles. The van der Waals surface area contributed by atoms with Gasteiger partial charge in [0.15, 0.2) is 0 Å². The molecule has 1 amide bonds. The highest BCUT2D eigenvalue weighted by Crippen LogP contribution is 2.18. The molecule has 0 radical (unpaired) electrons. The van der Waals surface area contributed by atoms with Gasteiger partial charge in [-0.3, -0.25) is 9.36 Å². The first-order valence-corrected chi connectivity index (χ1v) is 10.2. The lowest BCUT2D eigenvalue weighted by molar-refractivity contribution is 0.0942. The van der Waals surface area contributed by atoms with Crippen LogP contribution in [0.4, 0.5) is 0 Å². The molecule has 146 valence electrons. The number of nitrogens with one attached hydrogen (secondary N) is 1. The second-order valence-corrected chi connectivity index (χ2v) is 7.83. The van der Waals surface area contributed by atoms with Gasteiger partial charge in [-0.2, -0.15) is 0 Å². The summed E-state index contributed by atoms with van der Waals surface area (Å²) in [6.07, 6.45) is 5.78. The van der Waals surface area contributed by atoms with E-state index in [1.165, 1.54) is 32.4 Å². The van der Waals surface area contributed by atoms with E-state index in [9.17, 15) is 4.79 Å². The Morgan fingerprint density at radius 2 is 1.82 bits per heavy atom. The fourth-order valence-electron chi connectivity index (χ4n) is 3.95. The Morgan fingerprint density at radius 3 is 2.61 bits per heavy atom. The zero-order valence-electron chi connectivity index (χ0n) is 16.5. The molecule has 28 heavy (non-hydrogen) atoms. The number of para-hydroxylation sites is 2. The summed E-state index contributed by atoms with van der Waals surface area (Å²) in [5.74, 6) is 0.450. The average Bonchev–Trinajstić information content (AvgIpc) is 3.17. The van der Waals surface area contributed by atoms with E-state index in [1.807, 2.05) is 59.4 Å². The van der Waals surface area contributed by atoms with Gasteiger partial charge in [-0.1, -0.05) is 25.5 Å². The van der Waals surface area contributed by atoms with Crippen molar-refractivity contribution >= 4 is 16.9 Å².